The topological polar surface area (TPSA) is 9.23 Å². The zero-order chi connectivity index (χ0) is 8.27. The maximum atomic E-state index is 11.6. The third kappa shape index (κ3) is 2.38. The number of rotatable bonds is 2. The van der Waals surface area contributed by atoms with Crippen LogP contribution in [-0.4, -0.2) is 6.61 Å². The van der Waals surface area contributed by atoms with Crippen molar-refractivity contribution in [1.82, 2.24) is 0 Å². The molecule has 1 rings (SSSR count). The molecule has 0 fully saturated rings. The van der Waals surface area contributed by atoms with Gasteiger partial charge in [0.25, 0.3) is 0 Å². The highest BCUT2D eigenvalue weighted by atomic mass is 32.1. The largest absolute Gasteiger partial charge is 0.434 e. The molecular weight excluding hydrogens is 170 g/mol. The molecule has 1 aromatic rings. The van der Waals surface area contributed by atoms with E-state index in [4.69, 9.17) is 0 Å². The van der Waals surface area contributed by atoms with Crippen LogP contribution in [0.1, 0.15) is 0 Å². The van der Waals surface area contributed by atoms with Gasteiger partial charge in [-0.2, -0.15) is 8.78 Å². The monoisotopic (exact) mass is 176 g/mol. The van der Waals surface area contributed by atoms with Crippen LogP contribution >= 0.6 is 12.6 Å². The summed E-state index contributed by atoms with van der Waals surface area (Å²) in [6, 6.07) is 6.33. The Morgan fingerprint density at radius 1 is 1.27 bits per heavy atom. The van der Waals surface area contributed by atoms with Crippen LogP contribution in [0.15, 0.2) is 29.2 Å². The first-order valence-corrected chi connectivity index (χ1v) is 3.37. The second-order valence-corrected chi connectivity index (χ2v) is 2.33. The van der Waals surface area contributed by atoms with E-state index in [-0.39, 0.29) is 5.75 Å². The van der Waals surface area contributed by atoms with Crippen LogP contribution in [0.3, 0.4) is 0 Å². The van der Waals surface area contributed by atoms with Gasteiger partial charge in [0.15, 0.2) is 0 Å². The van der Waals surface area contributed by atoms with Gasteiger partial charge in [0, 0.05) is 4.90 Å². The van der Waals surface area contributed by atoms with Crippen LogP contribution in [0, 0.1) is 0 Å². The normalized spacial score (nSPS) is 10.2. The third-order valence-corrected chi connectivity index (χ3v) is 1.45. The Morgan fingerprint density at radius 3 is 2.45 bits per heavy atom. The van der Waals surface area contributed by atoms with E-state index in [1.165, 1.54) is 6.07 Å². The lowest BCUT2D eigenvalue weighted by Crippen LogP contribution is -2.02. The fourth-order valence-electron chi connectivity index (χ4n) is 0.653. The fraction of sp³-hybridized carbons (Fsp3) is 0.143. The van der Waals surface area contributed by atoms with Gasteiger partial charge in [-0.05, 0) is 12.1 Å². The molecule has 0 radical (unpaired) electrons. The Labute approximate surface area is 68.4 Å². The molecule has 0 atom stereocenters. The van der Waals surface area contributed by atoms with Gasteiger partial charge >= 0.3 is 6.61 Å². The molecule has 4 heteroatoms. The molecule has 1 aromatic carbocycles. The SMILES string of the molecule is FC(F)Oc1ccccc1S. The number of hydrogen-bond donors (Lipinski definition) is 1. The van der Waals surface area contributed by atoms with E-state index in [0.29, 0.717) is 4.90 Å². The Hall–Kier alpha value is -0.770. The van der Waals surface area contributed by atoms with Crippen molar-refractivity contribution in [2.45, 2.75) is 11.5 Å². The molecule has 60 valence electrons. The first kappa shape index (κ1) is 8.33. The van der Waals surface area contributed by atoms with Gasteiger partial charge in [-0.3, -0.25) is 0 Å². The Kier molecular flexibility index (Phi) is 2.70. The molecule has 0 heterocycles. The van der Waals surface area contributed by atoms with Gasteiger partial charge < -0.3 is 4.74 Å². The molecule has 1 nitrogen and oxygen atoms in total. The lowest BCUT2D eigenvalue weighted by atomic mass is 10.3. The summed E-state index contributed by atoms with van der Waals surface area (Å²) in [5, 5.41) is 0. The van der Waals surface area contributed by atoms with E-state index < -0.39 is 6.61 Å². The van der Waals surface area contributed by atoms with Crippen LogP contribution in [-0.2, 0) is 0 Å². The molecule has 0 N–H and O–H groups in total. The highest BCUT2D eigenvalue weighted by Gasteiger charge is 2.05. The summed E-state index contributed by atoms with van der Waals surface area (Å²) in [5.41, 5.74) is 0. The quantitative estimate of drug-likeness (QED) is 0.681. The van der Waals surface area contributed by atoms with Gasteiger partial charge in [-0.25, -0.2) is 0 Å². The van der Waals surface area contributed by atoms with Crippen LogP contribution in [0.5, 0.6) is 5.75 Å². The van der Waals surface area contributed by atoms with Gasteiger partial charge in [0.1, 0.15) is 5.75 Å². The lowest BCUT2D eigenvalue weighted by molar-refractivity contribution is -0.0516. The molecule has 0 unspecified atom stereocenters. The second kappa shape index (κ2) is 3.57. The molecule has 0 saturated carbocycles. The van der Waals surface area contributed by atoms with E-state index in [0.717, 1.165) is 0 Å². The maximum Gasteiger partial charge on any atom is 0.387 e. The number of benzene rings is 1. The van der Waals surface area contributed by atoms with Crippen LogP contribution in [0.25, 0.3) is 0 Å². The smallest absolute Gasteiger partial charge is 0.387 e. The zero-order valence-corrected chi connectivity index (χ0v) is 6.39. The minimum absolute atomic E-state index is 0.103. The van der Waals surface area contributed by atoms with E-state index in [9.17, 15) is 8.78 Å². The minimum atomic E-state index is -2.79. The van der Waals surface area contributed by atoms with Crippen LogP contribution in [0.2, 0.25) is 0 Å². The molecule has 0 aliphatic carbocycles. The average Bonchev–Trinajstić information content (AvgIpc) is 1.93. The molecule has 0 bridgehead atoms. The van der Waals surface area contributed by atoms with Crippen molar-refractivity contribution in [3.8, 4) is 5.75 Å². The van der Waals surface area contributed by atoms with Crippen LogP contribution in [0.4, 0.5) is 8.78 Å². The van der Waals surface area contributed by atoms with Gasteiger partial charge in [0.2, 0.25) is 0 Å². The third-order valence-electron chi connectivity index (χ3n) is 1.08. The van der Waals surface area contributed by atoms with Gasteiger partial charge in [-0.15, -0.1) is 12.6 Å². The predicted molar refractivity (Wildman–Crippen MR) is 40.3 cm³/mol. The van der Waals surface area contributed by atoms with Crippen molar-refractivity contribution < 1.29 is 13.5 Å². The van der Waals surface area contributed by atoms with Crippen molar-refractivity contribution in [2.24, 2.45) is 0 Å². The number of hydrogen-bond acceptors (Lipinski definition) is 2. The molecule has 11 heavy (non-hydrogen) atoms. The summed E-state index contributed by atoms with van der Waals surface area (Å²) < 4.78 is 27.4. The number of para-hydroxylation sites is 1. The fourth-order valence-corrected chi connectivity index (χ4v) is 0.866. The summed E-state index contributed by atoms with van der Waals surface area (Å²) in [7, 11) is 0. The number of ether oxygens (including phenoxy) is 1. The minimum Gasteiger partial charge on any atom is -0.434 e. The van der Waals surface area contributed by atoms with E-state index >= 15 is 0 Å². The summed E-state index contributed by atoms with van der Waals surface area (Å²) >= 11 is 3.91. The Balaban J connectivity index is 2.78. The first-order chi connectivity index (χ1) is 5.20. The van der Waals surface area contributed by atoms with Crippen molar-refractivity contribution in [3.63, 3.8) is 0 Å². The molecular formula is C7H6F2OS. The van der Waals surface area contributed by atoms with Crippen molar-refractivity contribution in [2.75, 3.05) is 0 Å². The van der Waals surface area contributed by atoms with Crippen LogP contribution < -0.4 is 4.74 Å². The molecule has 0 spiro atoms. The average molecular weight is 176 g/mol. The lowest BCUT2D eigenvalue weighted by Gasteiger charge is -2.05. The van der Waals surface area contributed by atoms with Gasteiger partial charge in [-0.1, -0.05) is 12.1 Å². The highest BCUT2D eigenvalue weighted by molar-refractivity contribution is 7.80. The molecule has 0 aromatic heterocycles. The number of thiol groups is 1. The summed E-state index contributed by atoms with van der Waals surface area (Å²) in [5.74, 6) is 0.103. The van der Waals surface area contributed by atoms with Crippen molar-refractivity contribution >= 4 is 12.6 Å². The molecule has 0 aliphatic heterocycles. The molecule has 0 aliphatic rings. The Bertz CT molecular complexity index is 240. The van der Waals surface area contributed by atoms with E-state index in [1.54, 1.807) is 18.2 Å². The van der Waals surface area contributed by atoms with E-state index in [2.05, 4.69) is 17.4 Å². The summed E-state index contributed by atoms with van der Waals surface area (Å²) in [4.78, 5) is 0.410. The first-order valence-electron chi connectivity index (χ1n) is 2.93. The zero-order valence-electron chi connectivity index (χ0n) is 5.50. The van der Waals surface area contributed by atoms with E-state index in [1.807, 2.05) is 0 Å². The standard InChI is InChI=1S/C7H6F2OS/c8-7(9)10-5-3-1-2-4-6(5)11/h1-4,7,11H. The summed E-state index contributed by atoms with van der Waals surface area (Å²) in [6.45, 7) is -2.79. The summed E-state index contributed by atoms with van der Waals surface area (Å²) in [6.07, 6.45) is 0. The van der Waals surface area contributed by atoms with Crippen molar-refractivity contribution in [3.05, 3.63) is 24.3 Å². The van der Waals surface area contributed by atoms with Gasteiger partial charge in [0.05, 0.1) is 0 Å². The molecule has 0 amide bonds. The Morgan fingerprint density at radius 2 is 1.91 bits per heavy atom. The maximum absolute atomic E-state index is 11.6. The predicted octanol–water partition coefficient (Wildman–Crippen LogP) is 2.58. The number of halogens is 2. The molecule has 0 saturated heterocycles. The number of alkyl halides is 2. The van der Waals surface area contributed by atoms with Crippen molar-refractivity contribution in [1.29, 1.82) is 0 Å². The second-order valence-electron chi connectivity index (χ2n) is 1.85. The highest BCUT2D eigenvalue weighted by Crippen LogP contribution is 2.22.